The number of halogens is 1. The quantitative estimate of drug-likeness (QED) is 0.627. The van der Waals surface area contributed by atoms with Gasteiger partial charge in [0, 0.05) is 27.2 Å². The lowest BCUT2D eigenvalue weighted by Gasteiger charge is -2.30. The van der Waals surface area contributed by atoms with E-state index in [1.165, 1.54) is 6.07 Å². The minimum atomic E-state index is -0.167. The van der Waals surface area contributed by atoms with Gasteiger partial charge >= 0.3 is 0 Å². The Balaban J connectivity index is 2.42. The van der Waals surface area contributed by atoms with Crippen molar-refractivity contribution >= 4 is 5.96 Å². The van der Waals surface area contributed by atoms with E-state index in [0.29, 0.717) is 31.0 Å². The van der Waals surface area contributed by atoms with Crippen LogP contribution in [0.25, 0.3) is 0 Å². The maximum atomic E-state index is 13.5. The van der Waals surface area contributed by atoms with E-state index in [1.54, 1.807) is 26.3 Å². The van der Waals surface area contributed by atoms with Gasteiger partial charge in [-0.1, -0.05) is 39.0 Å². The summed E-state index contributed by atoms with van der Waals surface area (Å²) < 4.78 is 19.0. The number of rotatable bonds is 6. The van der Waals surface area contributed by atoms with E-state index in [2.05, 4.69) is 36.4 Å². The maximum absolute atomic E-state index is 13.5. The van der Waals surface area contributed by atoms with Crippen LogP contribution in [-0.2, 0) is 11.2 Å². The highest BCUT2D eigenvalue weighted by molar-refractivity contribution is 5.79. The van der Waals surface area contributed by atoms with Gasteiger partial charge in [0.05, 0.1) is 6.10 Å². The zero-order chi connectivity index (χ0) is 16.6. The number of guanidine groups is 1. The van der Waals surface area contributed by atoms with Crippen molar-refractivity contribution in [1.29, 1.82) is 0 Å². The molecule has 124 valence electrons. The van der Waals surface area contributed by atoms with Crippen molar-refractivity contribution in [2.75, 3.05) is 27.2 Å². The molecule has 1 rings (SSSR count). The summed E-state index contributed by atoms with van der Waals surface area (Å²) in [4.78, 5) is 4.18. The van der Waals surface area contributed by atoms with Gasteiger partial charge in [-0.05, 0) is 23.5 Å². The van der Waals surface area contributed by atoms with Crippen LogP contribution in [0, 0.1) is 11.2 Å². The Hall–Kier alpha value is -1.62. The van der Waals surface area contributed by atoms with Crippen molar-refractivity contribution in [3.63, 3.8) is 0 Å². The van der Waals surface area contributed by atoms with Gasteiger partial charge in [0.2, 0.25) is 0 Å². The SMILES string of the molecule is CN=C(NCCc1ccccc1F)NCC(OC)C(C)(C)C. The molecule has 0 aliphatic rings. The molecule has 0 spiro atoms. The molecule has 0 saturated heterocycles. The number of benzene rings is 1. The lowest BCUT2D eigenvalue weighted by Crippen LogP contribution is -2.45. The first-order valence-corrected chi connectivity index (χ1v) is 7.59. The molecule has 1 aromatic carbocycles. The van der Waals surface area contributed by atoms with Crippen molar-refractivity contribution in [2.45, 2.75) is 33.3 Å². The highest BCUT2D eigenvalue weighted by atomic mass is 19.1. The lowest BCUT2D eigenvalue weighted by molar-refractivity contribution is 0.0205. The second kappa shape index (κ2) is 8.73. The van der Waals surface area contributed by atoms with Crippen LogP contribution in [0.4, 0.5) is 4.39 Å². The molecule has 0 aliphatic heterocycles. The van der Waals surface area contributed by atoms with Gasteiger partial charge < -0.3 is 15.4 Å². The lowest BCUT2D eigenvalue weighted by atomic mass is 9.89. The molecule has 0 radical (unpaired) electrons. The first-order valence-electron chi connectivity index (χ1n) is 7.59. The van der Waals surface area contributed by atoms with Gasteiger partial charge in [0.25, 0.3) is 0 Å². The van der Waals surface area contributed by atoms with Gasteiger partial charge in [-0.3, -0.25) is 4.99 Å². The summed E-state index contributed by atoms with van der Waals surface area (Å²) in [7, 11) is 3.43. The molecule has 1 atom stereocenters. The number of ether oxygens (including phenoxy) is 1. The Morgan fingerprint density at radius 1 is 1.27 bits per heavy atom. The number of aliphatic imine (C=N–C) groups is 1. The van der Waals surface area contributed by atoms with Gasteiger partial charge in [0.1, 0.15) is 5.82 Å². The first kappa shape index (κ1) is 18.4. The van der Waals surface area contributed by atoms with Crippen LogP contribution in [0.2, 0.25) is 0 Å². The van der Waals surface area contributed by atoms with Crippen LogP contribution in [0.1, 0.15) is 26.3 Å². The summed E-state index contributed by atoms with van der Waals surface area (Å²) in [5.74, 6) is 0.530. The molecule has 1 unspecified atom stereocenters. The van der Waals surface area contributed by atoms with E-state index in [0.717, 1.165) is 0 Å². The Kier molecular flexibility index (Phi) is 7.32. The van der Waals surface area contributed by atoms with E-state index < -0.39 is 0 Å². The molecule has 2 N–H and O–H groups in total. The third kappa shape index (κ3) is 6.02. The van der Waals surface area contributed by atoms with E-state index in [9.17, 15) is 4.39 Å². The third-order valence-corrected chi connectivity index (χ3v) is 3.57. The molecular formula is C17H28FN3O. The van der Waals surface area contributed by atoms with Gasteiger partial charge in [-0.2, -0.15) is 0 Å². The van der Waals surface area contributed by atoms with Crippen LogP contribution in [0.5, 0.6) is 0 Å². The molecule has 0 aromatic heterocycles. The molecular weight excluding hydrogens is 281 g/mol. The van der Waals surface area contributed by atoms with Crippen LogP contribution in [0.15, 0.2) is 29.3 Å². The second-order valence-electron chi connectivity index (χ2n) is 6.31. The van der Waals surface area contributed by atoms with E-state index in [4.69, 9.17) is 4.74 Å². The van der Waals surface area contributed by atoms with E-state index >= 15 is 0 Å². The van der Waals surface area contributed by atoms with Crippen LogP contribution < -0.4 is 10.6 Å². The van der Waals surface area contributed by atoms with Gasteiger partial charge in [-0.15, -0.1) is 0 Å². The summed E-state index contributed by atoms with van der Waals surface area (Å²) in [6, 6.07) is 6.82. The summed E-state index contributed by atoms with van der Waals surface area (Å²) in [6.07, 6.45) is 0.693. The number of methoxy groups -OCH3 is 1. The average Bonchev–Trinajstić information content (AvgIpc) is 2.46. The molecule has 0 aliphatic carbocycles. The zero-order valence-electron chi connectivity index (χ0n) is 14.2. The molecule has 0 amide bonds. The predicted octanol–water partition coefficient (Wildman–Crippen LogP) is 2.59. The third-order valence-electron chi connectivity index (χ3n) is 3.57. The Bertz CT molecular complexity index is 483. The molecule has 0 heterocycles. The van der Waals surface area contributed by atoms with Crippen molar-refractivity contribution < 1.29 is 9.13 Å². The summed E-state index contributed by atoms with van der Waals surface area (Å²) in [5.41, 5.74) is 0.753. The van der Waals surface area contributed by atoms with Gasteiger partial charge in [-0.25, -0.2) is 4.39 Å². The molecule has 5 heteroatoms. The predicted molar refractivity (Wildman–Crippen MR) is 89.7 cm³/mol. The number of nitrogens with zero attached hydrogens (tertiary/aromatic N) is 1. The Morgan fingerprint density at radius 2 is 1.95 bits per heavy atom. The molecule has 22 heavy (non-hydrogen) atoms. The summed E-state index contributed by atoms with van der Waals surface area (Å²) in [5, 5.41) is 6.44. The van der Waals surface area contributed by atoms with Crippen LogP contribution in [0.3, 0.4) is 0 Å². The smallest absolute Gasteiger partial charge is 0.191 e. The number of nitrogens with one attached hydrogen (secondary N) is 2. The molecule has 0 bridgehead atoms. The fourth-order valence-corrected chi connectivity index (χ4v) is 2.17. The van der Waals surface area contributed by atoms with Crippen LogP contribution in [-0.4, -0.2) is 39.3 Å². The molecule has 0 fully saturated rings. The zero-order valence-corrected chi connectivity index (χ0v) is 14.2. The van der Waals surface area contributed by atoms with Crippen LogP contribution >= 0.6 is 0 Å². The Morgan fingerprint density at radius 3 is 2.50 bits per heavy atom. The minimum Gasteiger partial charge on any atom is -0.379 e. The Labute approximate surface area is 133 Å². The topological polar surface area (TPSA) is 45.7 Å². The minimum absolute atomic E-state index is 0.0494. The fraction of sp³-hybridized carbons (Fsp3) is 0.588. The van der Waals surface area contributed by atoms with Crippen molar-refractivity contribution in [3.05, 3.63) is 35.6 Å². The summed E-state index contributed by atoms with van der Waals surface area (Å²) >= 11 is 0. The molecule has 1 aromatic rings. The van der Waals surface area contributed by atoms with Crippen molar-refractivity contribution in [3.8, 4) is 0 Å². The fourth-order valence-electron chi connectivity index (χ4n) is 2.17. The van der Waals surface area contributed by atoms with Crippen molar-refractivity contribution in [1.82, 2.24) is 10.6 Å². The summed E-state index contributed by atoms with van der Waals surface area (Å²) in [6.45, 7) is 7.69. The van der Waals surface area contributed by atoms with Gasteiger partial charge in [0.15, 0.2) is 5.96 Å². The maximum Gasteiger partial charge on any atom is 0.191 e. The molecule has 0 saturated carbocycles. The average molecular weight is 309 g/mol. The second-order valence-corrected chi connectivity index (χ2v) is 6.31. The largest absolute Gasteiger partial charge is 0.379 e. The monoisotopic (exact) mass is 309 g/mol. The van der Waals surface area contributed by atoms with E-state index in [1.807, 2.05) is 6.07 Å². The number of hydrogen-bond donors (Lipinski definition) is 2. The van der Waals surface area contributed by atoms with Crippen molar-refractivity contribution in [2.24, 2.45) is 10.4 Å². The standard InChI is InChI=1S/C17H28FN3O/c1-17(2,3)15(22-5)12-21-16(19-4)20-11-10-13-8-6-7-9-14(13)18/h6-9,15H,10-12H2,1-5H3,(H2,19,20,21). The normalized spacial score (nSPS) is 13.8. The highest BCUT2D eigenvalue weighted by Crippen LogP contribution is 2.20. The van der Waals surface area contributed by atoms with E-state index in [-0.39, 0.29) is 17.3 Å². The number of hydrogen-bond acceptors (Lipinski definition) is 2. The first-order chi connectivity index (χ1) is 10.4. The molecule has 4 nitrogen and oxygen atoms in total. The highest BCUT2D eigenvalue weighted by Gasteiger charge is 2.24.